The number of carbonyl (C=O) groups is 4. The van der Waals surface area contributed by atoms with Crippen molar-refractivity contribution >= 4 is 118 Å². The number of sulfone groups is 1. The summed E-state index contributed by atoms with van der Waals surface area (Å²) in [7, 11) is 3.91. The Labute approximate surface area is 743 Å². The summed E-state index contributed by atoms with van der Waals surface area (Å²) in [5.41, 5.74) is 16.9. The average Bonchev–Trinajstić information content (AvgIpc) is 1.75. The van der Waals surface area contributed by atoms with Gasteiger partial charge in [0, 0.05) is 91.9 Å². The van der Waals surface area contributed by atoms with Gasteiger partial charge in [-0.05, 0) is 127 Å². The number of ether oxygens (including phenoxy) is 7. The molecule has 16 aromatic rings. The number of anilines is 5. The van der Waals surface area contributed by atoms with Gasteiger partial charge in [-0.2, -0.15) is 20.4 Å². The highest BCUT2D eigenvalue weighted by molar-refractivity contribution is 7.92. The van der Waals surface area contributed by atoms with Crippen LogP contribution in [-0.2, 0) is 49.0 Å². The molecule has 7 aromatic carbocycles. The number of aromatic amines is 8. The molecule has 0 aliphatic carbocycles. The van der Waals surface area contributed by atoms with Gasteiger partial charge in [0.15, 0.2) is 61.9 Å². The second-order valence-electron chi connectivity index (χ2n) is 31.5. The summed E-state index contributed by atoms with van der Waals surface area (Å²) in [5.74, 6) is 3.59. The first-order valence-corrected chi connectivity index (χ1v) is 43.3. The molecule has 0 atom stereocenters. The first-order valence-electron chi connectivity index (χ1n) is 41.2. The van der Waals surface area contributed by atoms with Crippen LogP contribution in [0.1, 0.15) is 86.5 Å². The monoisotopic (exact) mass is 1790 g/mol. The summed E-state index contributed by atoms with van der Waals surface area (Å²) < 4.78 is 68.3. The Balaban J connectivity index is 0.000000126. The van der Waals surface area contributed by atoms with E-state index in [0.717, 1.165) is 135 Å². The molecule has 37 nitrogen and oxygen atoms in total. The van der Waals surface area contributed by atoms with Crippen molar-refractivity contribution in [1.82, 2.24) is 90.5 Å². The first-order chi connectivity index (χ1) is 62.4. The Morgan fingerprint density at radius 2 is 0.984 bits per heavy atom. The summed E-state index contributed by atoms with van der Waals surface area (Å²) in [6, 6.07) is 39.9. The number of benzene rings is 7. The van der Waals surface area contributed by atoms with Crippen LogP contribution >= 0.6 is 11.6 Å². The maximum Gasteiger partial charge on any atom is 0.291 e. The quantitative estimate of drug-likeness (QED) is 0.0283. The normalized spacial score (nSPS) is 13.5. The lowest BCUT2D eigenvalue weighted by molar-refractivity contribution is -0.113. The smallest absolute Gasteiger partial charge is 0.291 e. The fourth-order valence-corrected chi connectivity index (χ4v) is 16.2. The van der Waals surface area contributed by atoms with Crippen LogP contribution in [0, 0.1) is 6.92 Å². The van der Waals surface area contributed by atoms with Crippen LogP contribution in [0.5, 0.6) is 28.7 Å². The molecule has 2 fully saturated rings. The van der Waals surface area contributed by atoms with Crippen LogP contribution in [-0.4, -0.2) is 223 Å². The van der Waals surface area contributed by atoms with E-state index in [0.29, 0.717) is 125 Å². The minimum atomic E-state index is -3.85. The molecule has 666 valence electrons. The van der Waals surface area contributed by atoms with Crippen LogP contribution in [0.2, 0.25) is 5.02 Å². The number of imidazole rings is 4. The Bertz CT molecular complexity index is 6750. The third-order valence-corrected chi connectivity index (χ3v) is 23.7. The van der Waals surface area contributed by atoms with E-state index in [4.69, 9.17) is 54.2 Å². The number of H-pyrrole nitrogens is 8. The van der Waals surface area contributed by atoms with Gasteiger partial charge in [-0.3, -0.25) is 49.4 Å². The number of carbonyl (C=O) groups excluding carboxylic acids is 4. The highest BCUT2D eigenvalue weighted by atomic mass is 35.5. The van der Waals surface area contributed by atoms with E-state index >= 15 is 0 Å². The highest BCUT2D eigenvalue weighted by Gasteiger charge is 2.28. The zero-order valence-electron chi connectivity index (χ0n) is 71.9. The summed E-state index contributed by atoms with van der Waals surface area (Å²) >= 11 is 5.79. The number of methoxy groups -OCH3 is 5. The highest BCUT2D eigenvalue weighted by Crippen LogP contribution is 2.38. The zero-order valence-corrected chi connectivity index (χ0v) is 73.5. The topological polar surface area (TPSA) is 476 Å². The number of fused-ring (bicyclic) bond motifs is 5. The lowest BCUT2D eigenvalue weighted by atomic mass is 9.86. The number of amides is 4. The lowest BCUT2D eigenvalue weighted by Crippen LogP contribution is -2.35. The van der Waals surface area contributed by atoms with Gasteiger partial charge in [-0.1, -0.05) is 56.6 Å². The molecule has 0 radical (unpaired) electrons. The van der Waals surface area contributed by atoms with E-state index in [1.54, 1.807) is 64.1 Å². The van der Waals surface area contributed by atoms with Crippen molar-refractivity contribution in [1.29, 1.82) is 0 Å². The molecule has 0 unspecified atom stereocenters. The van der Waals surface area contributed by atoms with Gasteiger partial charge < -0.3 is 84.1 Å². The lowest BCUT2D eigenvalue weighted by Gasteiger charge is -2.26. The van der Waals surface area contributed by atoms with E-state index in [-0.39, 0.29) is 39.5 Å². The number of aromatic nitrogens is 16. The molecule has 0 saturated carbocycles. The van der Waals surface area contributed by atoms with E-state index in [2.05, 4.69) is 145 Å². The molecule has 129 heavy (non-hydrogen) atoms. The summed E-state index contributed by atoms with van der Waals surface area (Å²) in [6.45, 7) is 17.4. The van der Waals surface area contributed by atoms with Crippen molar-refractivity contribution in [2.24, 2.45) is 0 Å². The number of rotatable bonds is 23. The van der Waals surface area contributed by atoms with Crippen molar-refractivity contribution < 1.29 is 65.2 Å². The molecular formula is C90H94ClN23O14S. The molecule has 0 spiro atoms. The van der Waals surface area contributed by atoms with Crippen molar-refractivity contribution in [2.45, 2.75) is 63.9 Å². The summed E-state index contributed by atoms with van der Waals surface area (Å²) in [4.78, 5) is 87.5. The SMILES string of the molecule is COc1cc2nc(-c3[nH]ncc3NC(=O)CS(=O)(=O)c3ccc(Cl)cc3)[nH]c2cc1OC.COc1cc2nc(-c3[nH]ncc3NC(=O)c3cc(CN4CCOCC4)c(C)o3)[nH]c2cc1OC.COc1ccc(C(C)(C)C)cc1C(=O)Nc1cn[nH]c1-c1nc2ccccc2[nH]1.O=C(Nc1cn[nH]c1-c1nc2ccc(CN3CCOCC3)cc2[nH]1)c1ccc2c(c1)CCCN2. The molecule has 9 aromatic heterocycles. The van der Waals surface area contributed by atoms with Crippen molar-refractivity contribution in [3.05, 3.63) is 208 Å². The Morgan fingerprint density at radius 1 is 0.496 bits per heavy atom. The number of para-hydroxylation sites is 2. The maximum absolute atomic E-state index is 13.1. The third kappa shape index (κ3) is 20.2. The van der Waals surface area contributed by atoms with Gasteiger partial charge in [-0.15, -0.1) is 0 Å². The van der Waals surface area contributed by atoms with Crippen molar-refractivity contribution in [3.8, 4) is 74.8 Å². The minimum Gasteiger partial charge on any atom is -0.496 e. The molecule has 13 N–H and O–H groups in total. The Kier molecular flexibility index (Phi) is 26.3. The fraction of sp³-hybridized carbons (Fsp3) is 0.267. The number of aryl methyl sites for hydroxylation is 2. The standard InChI is InChI=1S/C25H27N7O2.C23H26N6O5.C22H23N5O2.C20H18ClN5O5S/c33-25(18-4-6-19-17(13-18)2-1-7-26-19)30-22-14-27-31-23(22)24-28-20-5-3-16(12-21(20)29-24)15-32-8-10-34-11-9-32;1-13-14(12-29-4-6-33-7-5-29)8-20(34-13)23(30)27-17-11-24-28-21(17)22-25-15-9-18(31-2)19(32-3)10-16(15)26-22;1-22(2,3)13-9-10-18(29-4)14(11-13)21(28)26-17-12-23-27-19(17)20-24-15-7-5-6-8-16(15)25-20;1-30-16-7-13-14(8-17(16)31-2)25-20(24-13)19-15(9-22-26-19)23-18(27)10-32(28,29)12-5-3-11(21)4-6-12/h3-6,12-14,26H,1-2,7-11,15H2,(H,27,31)(H,28,29)(H,30,33);8-11H,4-7,12H2,1-3H3,(H,24,28)(H,25,26)(H,27,30);5-12H,1-4H3,(H,23,27)(H,24,25)(H,26,28);3-9H,10H2,1-2H3,(H,22,26)(H,23,27)(H,24,25). The molecule has 39 heteroatoms. The number of nitrogens with one attached hydrogen (secondary N) is 13. The predicted molar refractivity (Wildman–Crippen MR) is 487 cm³/mol. The molecule has 2 saturated heterocycles. The largest absolute Gasteiger partial charge is 0.496 e. The van der Waals surface area contributed by atoms with Crippen LogP contribution in [0.4, 0.5) is 28.4 Å². The number of hydrogen-bond donors (Lipinski definition) is 13. The van der Waals surface area contributed by atoms with Crippen LogP contribution < -0.4 is 50.3 Å². The average molecular weight is 1790 g/mol. The maximum atomic E-state index is 13.1. The summed E-state index contributed by atoms with van der Waals surface area (Å²) in [5, 5.41) is 43.0. The Hall–Kier alpha value is -14.7. The summed E-state index contributed by atoms with van der Waals surface area (Å²) in [6.07, 6.45) is 8.14. The van der Waals surface area contributed by atoms with Crippen LogP contribution in [0.3, 0.4) is 0 Å². The molecular weight excluding hydrogens is 1690 g/mol. The van der Waals surface area contributed by atoms with Gasteiger partial charge in [0.25, 0.3) is 17.7 Å². The number of furan rings is 1. The Morgan fingerprint density at radius 3 is 1.53 bits per heavy atom. The molecule has 12 heterocycles. The number of hydrogen-bond acceptors (Lipinski definition) is 25. The van der Waals surface area contributed by atoms with Gasteiger partial charge in [0.1, 0.15) is 40.0 Å². The number of morpholine rings is 2. The third-order valence-electron chi connectivity index (χ3n) is 21.8. The van der Waals surface area contributed by atoms with E-state index in [1.807, 2.05) is 73.7 Å². The number of halogens is 1. The predicted octanol–water partition coefficient (Wildman–Crippen LogP) is 13.9. The van der Waals surface area contributed by atoms with Gasteiger partial charge >= 0.3 is 0 Å². The fourth-order valence-electron chi connectivity index (χ4n) is 14.9. The second-order valence-corrected chi connectivity index (χ2v) is 33.9. The molecule has 4 amide bonds. The molecule has 3 aliphatic heterocycles. The first kappa shape index (κ1) is 87.8. The van der Waals surface area contributed by atoms with Crippen molar-refractivity contribution in [3.63, 3.8) is 0 Å². The van der Waals surface area contributed by atoms with E-state index in [9.17, 15) is 27.6 Å². The number of nitrogens with zero attached hydrogens (tertiary/aromatic N) is 10. The minimum absolute atomic E-state index is 0.00430. The van der Waals surface area contributed by atoms with Crippen LogP contribution in [0.25, 0.3) is 90.2 Å². The molecule has 0 bridgehead atoms. The molecule has 19 rings (SSSR count). The van der Waals surface area contributed by atoms with Gasteiger partial charge in [0.2, 0.25) is 5.91 Å². The molecule has 3 aliphatic rings. The van der Waals surface area contributed by atoms with E-state index in [1.165, 1.54) is 62.0 Å². The van der Waals surface area contributed by atoms with Crippen LogP contribution in [0.15, 0.2) is 168 Å². The van der Waals surface area contributed by atoms with Gasteiger partial charge in [-0.25, -0.2) is 28.4 Å². The van der Waals surface area contributed by atoms with E-state index < -0.39 is 21.5 Å². The van der Waals surface area contributed by atoms with Crippen molar-refractivity contribution in [2.75, 3.05) is 127 Å². The second kappa shape index (κ2) is 38.6. The zero-order chi connectivity index (χ0) is 90.0. The van der Waals surface area contributed by atoms with Gasteiger partial charge in [0.05, 0.1) is 164 Å².